The zero-order chi connectivity index (χ0) is 52.4. The van der Waals surface area contributed by atoms with E-state index in [4.69, 9.17) is 9.47 Å². The summed E-state index contributed by atoms with van der Waals surface area (Å²) in [6.07, 6.45) is 0.285. The van der Waals surface area contributed by atoms with E-state index in [0.29, 0.717) is 60.2 Å². The number of rotatable bonds is 24. The maximum atomic E-state index is 12.2. The summed E-state index contributed by atoms with van der Waals surface area (Å²) in [6, 6.07) is 9.39. The Hall–Kier alpha value is -6.75. The van der Waals surface area contributed by atoms with Gasteiger partial charge in [-0.25, -0.2) is 0 Å². The van der Waals surface area contributed by atoms with E-state index in [1.165, 1.54) is 26.4 Å². The van der Waals surface area contributed by atoms with Crippen molar-refractivity contribution in [2.75, 3.05) is 72.3 Å². The molecule has 5 rings (SSSR count). The van der Waals surface area contributed by atoms with Crippen LogP contribution in [0.25, 0.3) is 0 Å². The molecule has 0 saturated heterocycles. The van der Waals surface area contributed by atoms with Crippen molar-refractivity contribution in [3.05, 3.63) is 45.1 Å². The van der Waals surface area contributed by atoms with E-state index >= 15 is 0 Å². The third kappa shape index (κ3) is 13.2. The number of nitriles is 2. The first-order chi connectivity index (χ1) is 33.6. The Kier molecular flexibility index (Phi) is 18.2. The minimum absolute atomic E-state index is 0.0199. The van der Waals surface area contributed by atoms with Crippen LogP contribution < -0.4 is 29.9 Å². The van der Waals surface area contributed by atoms with Gasteiger partial charge in [0.1, 0.15) is 55.9 Å². The molecule has 0 aliphatic rings. The number of nitrogens with one attached hydrogen (secondary N) is 2. The molecule has 0 spiro atoms. The lowest BCUT2D eigenvalue weighted by molar-refractivity contribution is 0.111. The lowest BCUT2D eigenvalue weighted by Gasteiger charge is -2.25. The van der Waals surface area contributed by atoms with Gasteiger partial charge in [0, 0.05) is 44.1 Å². The van der Waals surface area contributed by atoms with Crippen molar-refractivity contribution in [2.45, 2.75) is 42.6 Å². The zero-order valence-corrected chi connectivity index (χ0v) is 42.9. The summed E-state index contributed by atoms with van der Waals surface area (Å²) in [4.78, 5) is 38.1. The molecule has 3 aromatic heterocycles. The van der Waals surface area contributed by atoms with Crippen molar-refractivity contribution in [3.8, 4) is 23.6 Å². The number of hydrogen-bond acceptors (Lipinski definition) is 26. The van der Waals surface area contributed by atoms with Crippen molar-refractivity contribution in [1.29, 1.82) is 10.5 Å². The largest absolute Gasteiger partial charge is 0.494 e. The fourth-order valence-electron chi connectivity index (χ4n) is 6.49. The Morgan fingerprint density at radius 2 is 1.07 bits per heavy atom. The molecule has 0 bridgehead atoms. The summed E-state index contributed by atoms with van der Waals surface area (Å²) in [5.41, 5.74) is -0.0105. The van der Waals surface area contributed by atoms with Crippen LogP contribution in [0.5, 0.6) is 11.5 Å². The molecule has 0 fully saturated rings. The number of hydrogen-bond donors (Lipinski definition) is 5. The van der Waals surface area contributed by atoms with E-state index < -0.39 is 66.8 Å². The fourth-order valence-corrected chi connectivity index (χ4v) is 12.1. The van der Waals surface area contributed by atoms with Crippen molar-refractivity contribution < 1.29 is 58.0 Å². The Labute approximate surface area is 418 Å². The molecule has 5 aromatic rings. The number of anilines is 6. The number of ether oxygens (including phenoxy) is 2. The molecule has 0 saturated carbocycles. The SMILES string of the molecule is CCN(CC)c1cc(Nc2nc(Nc3cc(N(CC)CC)c(OC)cc3N=Nc3sc(C=O)c(S(=O)(=O)O)c3C#N)nc(SCCS(=O)(=O)O)n2)c(N=Nc2sc(C=O)c(S(=O)(=O)O)c2C#N)cc1OC. The number of nitrogens with zero attached hydrogens (tertiary/aromatic N) is 11. The molecule has 0 amide bonds. The first-order valence-electron chi connectivity index (χ1n) is 20.3. The summed E-state index contributed by atoms with van der Waals surface area (Å²) in [6.45, 7) is 9.55. The van der Waals surface area contributed by atoms with Crippen molar-refractivity contribution in [1.82, 2.24) is 15.0 Å². The number of thiophene rings is 2. The Morgan fingerprint density at radius 1 is 0.676 bits per heavy atom. The summed E-state index contributed by atoms with van der Waals surface area (Å²) in [7, 11) is -11.7. The maximum Gasteiger partial charge on any atom is 0.297 e. The van der Waals surface area contributed by atoms with Crippen LogP contribution in [0.1, 0.15) is 58.2 Å². The second-order valence-corrected chi connectivity index (χ2v) is 21.2. The molecule has 26 nitrogen and oxygen atoms in total. The summed E-state index contributed by atoms with van der Waals surface area (Å²) in [5.74, 6) is -0.788. The minimum Gasteiger partial charge on any atom is -0.494 e. The Bertz CT molecular complexity index is 3140. The van der Waals surface area contributed by atoms with Gasteiger partial charge in [0.2, 0.25) is 11.9 Å². The molecule has 71 heavy (non-hydrogen) atoms. The molecular weight excluding hydrogens is 1050 g/mol. The first-order valence-corrected chi connectivity index (χ1v) is 27.4. The number of carbonyl (C=O) groups is 2. The van der Waals surface area contributed by atoms with Crippen molar-refractivity contribution >= 4 is 133 Å². The smallest absolute Gasteiger partial charge is 0.297 e. The van der Waals surface area contributed by atoms with Gasteiger partial charge in [-0.1, -0.05) is 11.8 Å². The first kappa shape index (κ1) is 55.2. The highest BCUT2D eigenvalue weighted by atomic mass is 32.2. The van der Waals surface area contributed by atoms with E-state index in [-0.39, 0.29) is 79.6 Å². The van der Waals surface area contributed by atoms with E-state index in [9.17, 15) is 59.0 Å². The van der Waals surface area contributed by atoms with E-state index in [0.717, 1.165) is 11.8 Å². The molecule has 0 aliphatic heterocycles. The Morgan fingerprint density at radius 3 is 1.38 bits per heavy atom. The van der Waals surface area contributed by atoms with Gasteiger partial charge in [-0.15, -0.1) is 43.1 Å². The van der Waals surface area contributed by atoms with Crippen molar-refractivity contribution in [3.63, 3.8) is 0 Å². The number of aromatic nitrogens is 3. The number of benzene rings is 2. The van der Waals surface area contributed by atoms with Crippen molar-refractivity contribution in [2.24, 2.45) is 20.5 Å². The monoisotopic (exact) mass is 1090 g/mol. The molecule has 0 aliphatic carbocycles. The van der Waals surface area contributed by atoms with Gasteiger partial charge >= 0.3 is 0 Å². The second-order valence-electron chi connectivity index (χ2n) is 13.8. The average molecular weight is 1090 g/mol. The molecule has 2 aromatic carbocycles. The summed E-state index contributed by atoms with van der Waals surface area (Å²) < 4.78 is 113. The highest BCUT2D eigenvalue weighted by Crippen LogP contribution is 2.45. The summed E-state index contributed by atoms with van der Waals surface area (Å²) >= 11 is 1.77. The molecule has 376 valence electrons. The minimum atomic E-state index is -5.05. The van der Waals surface area contributed by atoms with E-state index in [2.05, 4.69) is 46.0 Å². The topological polar surface area (TPSA) is 382 Å². The molecular formula is C39H41N13O13S6. The number of thioether (sulfide) groups is 1. The normalized spacial score (nSPS) is 11.9. The predicted molar refractivity (Wildman–Crippen MR) is 263 cm³/mol. The number of carbonyl (C=O) groups excluding carboxylic acids is 2. The van der Waals surface area contributed by atoms with Gasteiger partial charge in [-0.05, 0) is 39.8 Å². The molecule has 5 N–H and O–H groups in total. The van der Waals surface area contributed by atoms with Gasteiger partial charge in [0.05, 0.1) is 52.5 Å². The zero-order valence-electron chi connectivity index (χ0n) is 38.0. The van der Waals surface area contributed by atoms with Crippen LogP contribution >= 0.6 is 34.4 Å². The Balaban J connectivity index is 1.74. The van der Waals surface area contributed by atoms with Gasteiger partial charge in [0.15, 0.2) is 27.7 Å². The van der Waals surface area contributed by atoms with Gasteiger partial charge in [0.25, 0.3) is 30.4 Å². The van der Waals surface area contributed by atoms with Gasteiger partial charge in [-0.3, -0.25) is 23.2 Å². The quantitative estimate of drug-likeness (QED) is 0.0170. The van der Waals surface area contributed by atoms with Gasteiger partial charge in [-0.2, -0.15) is 50.7 Å². The standard InChI is InChI=1S/C39H41N13O13S6/c1-7-51(8-2)27-13-23(25(15-29(27)64-5)47-49-35-21(17-40)33(70(58,59)60)31(19-53)67-35)42-37-44-38(46-39(45-37)66-11-12-69(55,56)57)43-24-14-28(52(9-3)10-4)30(65-6)16-26(24)48-50-36-22(18-41)34(71(61,62)63)32(20-54)68-36/h13-16,19-20H,7-12H2,1-6H3,(H,55,56,57)(H,58,59,60)(H,61,62,63)(H2,42,43,44,45,46). The van der Waals surface area contributed by atoms with Gasteiger partial charge < -0.3 is 29.9 Å². The number of methoxy groups -OCH3 is 2. The molecule has 32 heteroatoms. The molecule has 0 atom stereocenters. The lowest BCUT2D eigenvalue weighted by Crippen LogP contribution is -2.22. The predicted octanol–water partition coefficient (Wildman–Crippen LogP) is 7.86. The van der Waals surface area contributed by atoms with Crippen LogP contribution in [0.3, 0.4) is 0 Å². The summed E-state index contributed by atoms with van der Waals surface area (Å²) in [5, 5.41) is 41.8. The number of aldehydes is 2. The van der Waals surface area contributed by atoms with Crippen LogP contribution in [0.15, 0.2) is 59.7 Å². The van der Waals surface area contributed by atoms with Crippen LogP contribution in [-0.4, -0.2) is 118 Å². The molecule has 0 unspecified atom stereocenters. The maximum absolute atomic E-state index is 12.2. The molecule has 0 radical (unpaired) electrons. The third-order valence-corrected chi connectivity index (χ3v) is 15.6. The van der Waals surface area contributed by atoms with Crippen LogP contribution in [0.2, 0.25) is 0 Å². The van der Waals surface area contributed by atoms with E-state index in [1.807, 2.05) is 37.5 Å². The number of azo groups is 2. The van der Waals surface area contributed by atoms with E-state index in [1.54, 1.807) is 24.3 Å². The van der Waals surface area contributed by atoms with Crippen LogP contribution in [0, 0.1) is 22.7 Å². The highest BCUT2D eigenvalue weighted by molar-refractivity contribution is 8.00. The fraction of sp³-hybridized carbons (Fsp3) is 0.308. The third-order valence-electron chi connectivity index (χ3n) is 9.68. The second kappa shape index (κ2) is 23.4. The van der Waals surface area contributed by atoms with Crippen LogP contribution in [0.4, 0.5) is 56.0 Å². The molecule has 3 heterocycles. The lowest BCUT2D eigenvalue weighted by atomic mass is 10.2. The average Bonchev–Trinajstić information content (AvgIpc) is 3.89. The van der Waals surface area contributed by atoms with Crippen LogP contribution in [-0.2, 0) is 30.4 Å². The highest BCUT2D eigenvalue weighted by Gasteiger charge is 2.29.